The highest BCUT2D eigenvalue weighted by Gasteiger charge is 2.24. The maximum atomic E-state index is 10.6. The van der Waals surface area contributed by atoms with Gasteiger partial charge < -0.3 is 9.47 Å². The molecule has 15 heavy (non-hydrogen) atoms. The minimum absolute atomic E-state index is 0.339. The molecule has 0 unspecified atom stereocenters. The number of hydrogen-bond acceptors (Lipinski definition) is 3. The molecule has 0 spiro atoms. The molecule has 1 aromatic carbocycles. The molecule has 1 aromatic rings. The first-order valence-corrected chi connectivity index (χ1v) is 5.22. The van der Waals surface area contributed by atoms with E-state index in [1.807, 2.05) is 6.92 Å². The minimum atomic E-state index is 0.339. The van der Waals surface area contributed by atoms with Crippen LogP contribution in [0.1, 0.15) is 30.1 Å². The molecule has 2 rings (SSSR count). The lowest BCUT2D eigenvalue weighted by Crippen LogP contribution is -2.01. The summed E-state index contributed by atoms with van der Waals surface area (Å²) in [6.45, 7) is 2.48. The lowest BCUT2D eigenvalue weighted by Gasteiger charge is -2.11. The number of rotatable bonds is 5. The molecule has 0 atom stereocenters. The van der Waals surface area contributed by atoms with Crippen molar-refractivity contribution in [3.8, 4) is 11.5 Å². The van der Waals surface area contributed by atoms with Crippen molar-refractivity contribution in [1.82, 2.24) is 0 Å². The van der Waals surface area contributed by atoms with Crippen LogP contribution in [0.2, 0.25) is 0 Å². The molecule has 0 N–H and O–H groups in total. The first-order valence-electron chi connectivity index (χ1n) is 5.22. The topological polar surface area (TPSA) is 35.5 Å². The zero-order valence-electron chi connectivity index (χ0n) is 8.73. The van der Waals surface area contributed by atoms with E-state index in [2.05, 4.69) is 0 Å². The highest BCUT2D eigenvalue weighted by atomic mass is 16.5. The summed E-state index contributed by atoms with van der Waals surface area (Å²) in [5, 5.41) is 0. The van der Waals surface area contributed by atoms with Gasteiger partial charge in [0.15, 0.2) is 11.5 Å². The Bertz CT molecular complexity index is 356. The zero-order chi connectivity index (χ0) is 10.7. The Labute approximate surface area is 89.0 Å². The highest BCUT2D eigenvalue weighted by Crippen LogP contribution is 2.34. The third-order valence-electron chi connectivity index (χ3n) is 2.22. The van der Waals surface area contributed by atoms with Crippen molar-refractivity contribution in [3.05, 3.63) is 23.8 Å². The average Bonchev–Trinajstić information content (AvgIpc) is 3.05. The summed E-state index contributed by atoms with van der Waals surface area (Å²) < 4.78 is 11.1. The second-order valence-electron chi connectivity index (χ2n) is 3.57. The van der Waals surface area contributed by atoms with Gasteiger partial charge in [0.25, 0.3) is 0 Å². The van der Waals surface area contributed by atoms with E-state index in [9.17, 15) is 4.79 Å². The Hall–Kier alpha value is -1.51. The van der Waals surface area contributed by atoms with Crippen molar-refractivity contribution >= 4 is 6.29 Å². The molecule has 0 amide bonds. The average molecular weight is 206 g/mol. The molecular formula is C12H14O3. The van der Waals surface area contributed by atoms with E-state index in [0.29, 0.717) is 24.0 Å². The molecule has 80 valence electrons. The van der Waals surface area contributed by atoms with Crippen LogP contribution >= 0.6 is 0 Å². The van der Waals surface area contributed by atoms with Gasteiger partial charge in [-0.25, -0.2) is 0 Å². The molecule has 1 aliphatic carbocycles. The Morgan fingerprint density at radius 1 is 1.40 bits per heavy atom. The molecule has 0 heterocycles. The van der Waals surface area contributed by atoms with E-state index >= 15 is 0 Å². The zero-order valence-corrected chi connectivity index (χ0v) is 8.73. The predicted molar refractivity (Wildman–Crippen MR) is 56.6 cm³/mol. The minimum Gasteiger partial charge on any atom is -0.490 e. The number of ether oxygens (including phenoxy) is 2. The molecule has 3 nitrogen and oxygen atoms in total. The van der Waals surface area contributed by atoms with E-state index in [0.717, 1.165) is 24.9 Å². The van der Waals surface area contributed by atoms with Crippen molar-refractivity contribution in [2.45, 2.75) is 25.9 Å². The summed E-state index contributed by atoms with van der Waals surface area (Å²) in [5.41, 5.74) is 0.613. The monoisotopic (exact) mass is 206 g/mol. The van der Waals surface area contributed by atoms with Crippen LogP contribution in [0, 0.1) is 0 Å². The van der Waals surface area contributed by atoms with Crippen LogP contribution in [-0.4, -0.2) is 19.0 Å². The third-order valence-corrected chi connectivity index (χ3v) is 2.22. The SMILES string of the molecule is CCOc1cc(C=O)ccc1OC1CC1. The lowest BCUT2D eigenvalue weighted by atomic mass is 10.2. The molecule has 0 radical (unpaired) electrons. The number of benzene rings is 1. The summed E-state index contributed by atoms with van der Waals surface area (Å²) in [4.78, 5) is 10.6. The van der Waals surface area contributed by atoms with Crippen LogP contribution in [0.4, 0.5) is 0 Å². The van der Waals surface area contributed by atoms with Crippen molar-refractivity contribution in [2.24, 2.45) is 0 Å². The highest BCUT2D eigenvalue weighted by molar-refractivity contribution is 5.76. The summed E-state index contributed by atoms with van der Waals surface area (Å²) in [5.74, 6) is 1.40. The summed E-state index contributed by atoms with van der Waals surface area (Å²) >= 11 is 0. The van der Waals surface area contributed by atoms with E-state index < -0.39 is 0 Å². The fourth-order valence-electron chi connectivity index (χ4n) is 1.33. The van der Waals surface area contributed by atoms with Crippen molar-refractivity contribution < 1.29 is 14.3 Å². The van der Waals surface area contributed by atoms with Crippen molar-refractivity contribution in [2.75, 3.05) is 6.61 Å². The van der Waals surface area contributed by atoms with Gasteiger partial charge in [0, 0.05) is 5.56 Å². The number of aldehydes is 1. The Morgan fingerprint density at radius 2 is 2.20 bits per heavy atom. The molecule has 1 aliphatic rings. The van der Waals surface area contributed by atoms with Gasteiger partial charge in [-0.05, 0) is 38.0 Å². The molecule has 0 saturated heterocycles. The van der Waals surface area contributed by atoms with E-state index in [1.165, 1.54) is 0 Å². The van der Waals surface area contributed by atoms with Crippen molar-refractivity contribution in [1.29, 1.82) is 0 Å². The molecule has 0 aromatic heterocycles. The van der Waals surface area contributed by atoms with E-state index in [1.54, 1.807) is 18.2 Å². The van der Waals surface area contributed by atoms with Gasteiger partial charge in [-0.3, -0.25) is 4.79 Å². The Morgan fingerprint density at radius 3 is 2.80 bits per heavy atom. The second kappa shape index (κ2) is 4.34. The Balaban J connectivity index is 2.21. The van der Waals surface area contributed by atoms with Gasteiger partial charge in [-0.15, -0.1) is 0 Å². The van der Waals surface area contributed by atoms with Gasteiger partial charge >= 0.3 is 0 Å². The van der Waals surface area contributed by atoms with Crippen LogP contribution < -0.4 is 9.47 Å². The first kappa shape index (κ1) is 10.0. The third kappa shape index (κ3) is 2.49. The fraction of sp³-hybridized carbons (Fsp3) is 0.417. The molecule has 0 aliphatic heterocycles. The molecular weight excluding hydrogens is 192 g/mol. The van der Waals surface area contributed by atoms with Gasteiger partial charge in [-0.1, -0.05) is 0 Å². The summed E-state index contributed by atoms with van der Waals surface area (Å²) in [6, 6.07) is 5.26. The quantitative estimate of drug-likeness (QED) is 0.694. The number of carbonyl (C=O) groups excluding carboxylic acids is 1. The number of carbonyl (C=O) groups is 1. The van der Waals surface area contributed by atoms with Crippen molar-refractivity contribution in [3.63, 3.8) is 0 Å². The summed E-state index contributed by atoms with van der Waals surface area (Å²) in [7, 11) is 0. The lowest BCUT2D eigenvalue weighted by molar-refractivity contribution is 0.112. The smallest absolute Gasteiger partial charge is 0.161 e. The van der Waals surface area contributed by atoms with Gasteiger partial charge in [-0.2, -0.15) is 0 Å². The summed E-state index contributed by atoms with van der Waals surface area (Å²) in [6.07, 6.45) is 3.37. The molecule has 1 saturated carbocycles. The fourth-order valence-corrected chi connectivity index (χ4v) is 1.33. The van der Waals surface area contributed by atoms with Gasteiger partial charge in [0.05, 0.1) is 12.7 Å². The maximum Gasteiger partial charge on any atom is 0.161 e. The Kier molecular flexibility index (Phi) is 2.90. The van der Waals surface area contributed by atoms with E-state index in [4.69, 9.17) is 9.47 Å². The predicted octanol–water partition coefficient (Wildman–Crippen LogP) is 2.44. The molecule has 1 fully saturated rings. The molecule has 0 bridgehead atoms. The largest absolute Gasteiger partial charge is 0.490 e. The van der Waals surface area contributed by atoms with Crippen LogP contribution in [0.25, 0.3) is 0 Å². The normalized spacial score (nSPS) is 14.7. The standard InChI is InChI=1S/C12H14O3/c1-2-14-12-7-9(8-13)3-6-11(12)15-10-4-5-10/h3,6-8,10H,2,4-5H2,1H3. The second-order valence-corrected chi connectivity index (χ2v) is 3.57. The van der Waals surface area contributed by atoms with Gasteiger partial charge in [0.1, 0.15) is 6.29 Å². The van der Waals surface area contributed by atoms with Crippen LogP contribution in [0.3, 0.4) is 0 Å². The maximum absolute atomic E-state index is 10.6. The number of hydrogen-bond donors (Lipinski definition) is 0. The first-order chi connectivity index (χ1) is 7.33. The van der Waals surface area contributed by atoms with Crippen LogP contribution in [0.5, 0.6) is 11.5 Å². The molecule has 3 heteroatoms. The van der Waals surface area contributed by atoms with Gasteiger partial charge in [0.2, 0.25) is 0 Å². The van der Waals surface area contributed by atoms with Crippen LogP contribution in [-0.2, 0) is 0 Å². The van der Waals surface area contributed by atoms with Crippen LogP contribution in [0.15, 0.2) is 18.2 Å². The van der Waals surface area contributed by atoms with E-state index in [-0.39, 0.29) is 0 Å².